The van der Waals surface area contributed by atoms with Gasteiger partial charge in [-0.1, -0.05) is 121 Å². The summed E-state index contributed by atoms with van der Waals surface area (Å²) in [7, 11) is -3.55. The molecule has 0 saturated heterocycles. The third kappa shape index (κ3) is 8.35. The minimum Gasteiger partial charge on any atom is -0.0891 e. The first kappa shape index (κ1) is 35.1. The summed E-state index contributed by atoms with van der Waals surface area (Å²) in [6, 6.07) is 67.0. The summed E-state index contributed by atoms with van der Waals surface area (Å²) < 4.78 is 0. The van der Waals surface area contributed by atoms with Crippen molar-refractivity contribution in [2.24, 2.45) is 0 Å². The van der Waals surface area contributed by atoms with Crippen molar-refractivity contribution in [2.45, 2.75) is 38.5 Å². The van der Waals surface area contributed by atoms with E-state index in [1.807, 2.05) is 0 Å². The van der Waals surface area contributed by atoms with Crippen molar-refractivity contribution in [1.82, 2.24) is 0 Å². The zero-order valence-corrected chi connectivity index (χ0v) is 30.7. The van der Waals surface area contributed by atoms with Gasteiger partial charge in [0.15, 0.2) is 0 Å². The van der Waals surface area contributed by atoms with E-state index in [0.717, 1.165) is 50.8 Å². The molecule has 0 nitrogen and oxygen atoms in total. The van der Waals surface area contributed by atoms with Gasteiger partial charge in [-0.25, -0.2) is 0 Å². The number of benzene rings is 6. The van der Waals surface area contributed by atoms with E-state index in [1.165, 1.54) is 31.8 Å². The van der Waals surface area contributed by atoms with Crippen molar-refractivity contribution < 1.29 is 0 Å². The fourth-order valence-electron chi connectivity index (χ4n) is 7.10. The molecule has 0 aliphatic heterocycles. The first-order valence-electron chi connectivity index (χ1n) is 17.9. The molecule has 0 fully saturated rings. The maximum atomic E-state index is 3.36. The third-order valence-electron chi connectivity index (χ3n) is 9.51. The summed E-state index contributed by atoms with van der Waals surface area (Å²) in [4.78, 5) is 0. The Morgan fingerprint density at radius 3 is 0.720 bits per heavy atom. The molecular weight excluding hydrogens is 638 g/mol. The molecule has 0 unspecified atom stereocenters. The average molecular weight is 685 g/mol. The summed E-state index contributed by atoms with van der Waals surface area (Å²) in [5, 5.41) is 8.69. The Labute approximate surface area is 301 Å². The van der Waals surface area contributed by atoms with Crippen molar-refractivity contribution in [1.29, 1.82) is 0 Å². The van der Waals surface area contributed by atoms with E-state index in [2.05, 4.69) is 206 Å². The molecule has 6 aromatic rings. The van der Waals surface area contributed by atoms with Gasteiger partial charge in [0, 0.05) is 12.8 Å². The van der Waals surface area contributed by atoms with Gasteiger partial charge in [0.25, 0.3) is 0 Å². The topological polar surface area (TPSA) is 0 Å². The van der Waals surface area contributed by atoms with Crippen molar-refractivity contribution in [3.63, 3.8) is 0 Å². The second kappa shape index (κ2) is 18.3. The molecule has 50 heavy (non-hydrogen) atoms. The second-order valence-electron chi connectivity index (χ2n) is 12.6. The van der Waals surface area contributed by atoms with Crippen LogP contribution in [0.15, 0.2) is 182 Å². The molecule has 0 bridgehead atoms. The number of rotatable bonds is 14. The first-order valence-corrected chi connectivity index (χ1v) is 21.8. The Morgan fingerprint density at radius 1 is 0.280 bits per heavy atom. The van der Waals surface area contributed by atoms with Crippen LogP contribution >= 0.6 is 14.5 Å². The molecule has 0 radical (unpaired) electrons. The lowest BCUT2D eigenvalue weighted by molar-refractivity contribution is 0.832. The lowest BCUT2D eigenvalue weighted by Gasteiger charge is -2.27. The van der Waals surface area contributed by atoms with Crippen LogP contribution in [-0.4, -0.2) is 12.3 Å². The molecule has 0 amide bonds. The van der Waals surface area contributed by atoms with Crippen LogP contribution < -0.4 is 31.8 Å². The largest absolute Gasteiger partial charge is 0.112 e. The summed E-state index contributed by atoms with van der Waals surface area (Å²) >= 11 is 0. The van der Waals surface area contributed by atoms with Gasteiger partial charge in [0.2, 0.25) is 0 Å². The predicted molar refractivity (Wildman–Crippen MR) is 223 cm³/mol. The monoisotopic (exact) mass is 684 g/mol. The van der Waals surface area contributed by atoms with Crippen LogP contribution in [0.25, 0.3) is 0 Å². The van der Waals surface area contributed by atoms with Gasteiger partial charge < -0.3 is 0 Å². The fourth-order valence-corrected chi connectivity index (χ4v) is 15.9. The normalized spacial score (nSPS) is 11.1. The zero-order chi connectivity index (χ0) is 34.2. The minimum atomic E-state index is -1.78. The van der Waals surface area contributed by atoms with Crippen LogP contribution in [0.1, 0.15) is 38.5 Å². The fraction of sp³-hybridized carbons (Fsp3) is 0.167. The van der Waals surface area contributed by atoms with Gasteiger partial charge in [-0.2, -0.15) is 0 Å². The molecule has 0 N–H and O–H groups in total. The molecule has 246 valence electrons. The van der Waals surface area contributed by atoms with Gasteiger partial charge in [-0.05, 0) is 110 Å². The molecule has 0 saturated carbocycles. The molecule has 0 aromatic heterocycles. The van der Waals surface area contributed by atoms with E-state index in [-0.39, 0.29) is 0 Å². The van der Waals surface area contributed by atoms with Crippen molar-refractivity contribution >= 4 is 46.4 Å². The van der Waals surface area contributed by atoms with Crippen LogP contribution in [0.2, 0.25) is 0 Å². The Balaban J connectivity index is 1.06. The van der Waals surface area contributed by atoms with Gasteiger partial charge in [0.1, 0.15) is 46.4 Å². The summed E-state index contributed by atoms with van der Waals surface area (Å²) in [5.41, 5.74) is 0. The van der Waals surface area contributed by atoms with Crippen molar-refractivity contribution in [3.05, 3.63) is 182 Å². The molecule has 6 aromatic carbocycles. The van der Waals surface area contributed by atoms with Crippen LogP contribution in [0.5, 0.6) is 0 Å². The zero-order valence-electron chi connectivity index (χ0n) is 28.9. The van der Waals surface area contributed by atoms with E-state index >= 15 is 0 Å². The average Bonchev–Trinajstić information content (AvgIpc) is 3.20. The highest BCUT2D eigenvalue weighted by atomic mass is 31.2. The molecule has 2 heteroatoms. The molecule has 0 spiro atoms. The lowest BCUT2D eigenvalue weighted by Crippen LogP contribution is -2.33. The van der Waals surface area contributed by atoms with Gasteiger partial charge in [-0.3, -0.25) is 0 Å². The van der Waals surface area contributed by atoms with E-state index in [1.54, 1.807) is 0 Å². The molecular formula is C48H46P2+2. The molecule has 0 aliphatic carbocycles. The number of hydrogen-bond acceptors (Lipinski definition) is 0. The number of hydrogen-bond donors (Lipinski definition) is 0. The maximum Gasteiger partial charge on any atom is 0.112 e. The molecule has 6 rings (SSSR count). The van der Waals surface area contributed by atoms with E-state index in [0.29, 0.717) is 0 Å². The van der Waals surface area contributed by atoms with Crippen molar-refractivity contribution in [3.8, 4) is 23.7 Å². The molecule has 0 aliphatic rings. The Kier molecular flexibility index (Phi) is 12.9. The minimum absolute atomic E-state index is 0.880. The molecule has 0 heterocycles. The second-order valence-corrected chi connectivity index (χ2v) is 19.8. The maximum absolute atomic E-state index is 3.36. The van der Waals surface area contributed by atoms with Crippen LogP contribution in [-0.2, 0) is 0 Å². The highest BCUT2D eigenvalue weighted by molar-refractivity contribution is 7.96. The third-order valence-corrected chi connectivity index (χ3v) is 18.6. The van der Waals surface area contributed by atoms with E-state index in [4.69, 9.17) is 0 Å². The van der Waals surface area contributed by atoms with E-state index in [9.17, 15) is 0 Å². The summed E-state index contributed by atoms with van der Waals surface area (Å²) in [6.45, 7) is 0. The van der Waals surface area contributed by atoms with Crippen LogP contribution in [0, 0.1) is 23.7 Å². The highest BCUT2D eigenvalue weighted by Gasteiger charge is 2.45. The lowest BCUT2D eigenvalue weighted by atomic mass is 10.2. The number of unbranched alkanes of at least 4 members (excludes halogenated alkanes) is 4. The van der Waals surface area contributed by atoms with Crippen LogP contribution in [0.3, 0.4) is 0 Å². The standard InChI is InChI=1S/C48H46P2/c1(3-5-7-27-41-49(43-29-15-9-16-30-43,44-31-17-10-18-32-44)45-33-19-11-20-34-45)2-4-6-8-28-42-50(46-35-21-12-22-36-46,47-37-23-13-24-38-47)48-39-25-14-26-40-48/h9-26,29-40H,5-8,27-28,41-42H2/q+2. The predicted octanol–water partition coefficient (Wildman–Crippen LogP) is 9.32. The quantitative estimate of drug-likeness (QED) is 0.0610. The summed E-state index contributed by atoms with van der Waals surface area (Å²) in [6.07, 6.45) is 8.44. The highest BCUT2D eigenvalue weighted by Crippen LogP contribution is 2.57. The van der Waals surface area contributed by atoms with Gasteiger partial charge >= 0.3 is 0 Å². The van der Waals surface area contributed by atoms with Gasteiger partial charge in [0.05, 0.1) is 12.3 Å². The van der Waals surface area contributed by atoms with Crippen LogP contribution in [0.4, 0.5) is 0 Å². The van der Waals surface area contributed by atoms with Gasteiger partial charge in [-0.15, -0.1) is 0 Å². The Bertz CT molecular complexity index is 1640. The smallest absolute Gasteiger partial charge is 0.0891 e. The van der Waals surface area contributed by atoms with Crippen molar-refractivity contribution in [2.75, 3.05) is 12.3 Å². The van der Waals surface area contributed by atoms with E-state index < -0.39 is 14.5 Å². The summed E-state index contributed by atoms with van der Waals surface area (Å²) in [5.74, 6) is 13.1. The Hall–Kier alpha value is -4.70. The molecule has 0 atom stereocenters. The Morgan fingerprint density at radius 2 is 0.500 bits per heavy atom. The first-order chi connectivity index (χ1) is 24.8. The SMILES string of the molecule is C(C#CCCCC[P+](c1ccccc1)(c1ccccc1)c1ccccc1)#CCCCC[P+](c1ccccc1)(c1ccccc1)c1ccccc1.